The number of nitrogens with zero attached hydrogens (tertiary/aromatic N) is 1. The molecule has 0 heterocycles. The van der Waals surface area contributed by atoms with Crippen LogP contribution in [0.4, 0.5) is 0 Å². The minimum absolute atomic E-state index is 0.0137. The third-order valence-electron chi connectivity index (χ3n) is 4.79. The Morgan fingerprint density at radius 1 is 0.914 bits per heavy atom. The fourth-order valence-electron chi connectivity index (χ4n) is 2.85. The number of guanidine groups is 1. The molecule has 0 aromatic rings. The number of thioether (sulfide) groups is 1. The maximum atomic E-state index is 13.0. The number of carboxylic acid groups (broad SMARTS) is 2. The summed E-state index contributed by atoms with van der Waals surface area (Å²) in [6, 6.07) is -4.78. The van der Waals surface area contributed by atoms with E-state index in [0.717, 1.165) is 0 Å². The zero-order valence-corrected chi connectivity index (χ0v) is 21.0. The standard InChI is InChI=1S/C20H37N7O7S/c1-10(2)15(27-16(30)11(21)6-8-35-3)18(32)25-12(5-4-7-24-20(22)23)17(31)26-13(19(33)34)9-14(28)29/h10-13,15H,4-9,21H2,1-3H3,(H,25,32)(H,26,31)(H,27,30)(H,28,29)(H,33,34)(H4,22,23,24). The van der Waals surface area contributed by atoms with Crippen molar-refractivity contribution in [2.45, 2.75) is 63.7 Å². The van der Waals surface area contributed by atoms with Crippen molar-refractivity contribution in [1.82, 2.24) is 16.0 Å². The van der Waals surface area contributed by atoms with E-state index in [1.807, 2.05) is 6.26 Å². The summed E-state index contributed by atoms with van der Waals surface area (Å²) in [5, 5.41) is 25.3. The highest BCUT2D eigenvalue weighted by molar-refractivity contribution is 7.98. The Labute approximate surface area is 208 Å². The third-order valence-corrected chi connectivity index (χ3v) is 5.43. The second-order valence-electron chi connectivity index (χ2n) is 8.13. The molecule has 0 aliphatic carbocycles. The molecule has 3 amide bonds. The molecule has 0 bridgehead atoms. The maximum Gasteiger partial charge on any atom is 0.326 e. The van der Waals surface area contributed by atoms with E-state index in [2.05, 4.69) is 20.9 Å². The number of aliphatic carboxylic acids is 2. The number of hydrogen-bond acceptors (Lipinski definition) is 8. The number of nitrogens with one attached hydrogen (secondary N) is 3. The van der Waals surface area contributed by atoms with E-state index in [4.69, 9.17) is 22.3 Å². The number of carbonyl (C=O) groups excluding carboxylic acids is 3. The van der Waals surface area contributed by atoms with Crippen molar-refractivity contribution in [3.8, 4) is 0 Å². The summed E-state index contributed by atoms with van der Waals surface area (Å²) in [6.45, 7) is 3.52. The number of carboxylic acids is 2. The summed E-state index contributed by atoms with van der Waals surface area (Å²) in [7, 11) is 0. The summed E-state index contributed by atoms with van der Waals surface area (Å²) >= 11 is 1.52. The van der Waals surface area contributed by atoms with Crippen molar-refractivity contribution < 1.29 is 34.2 Å². The molecule has 15 heteroatoms. The number of rotatable bonds is 17. The molecule has 0 aromatic carbocycles. The lowest BCUT2D eigenvalue weighted by Crippen LogP contribution is -2.58. The van der Waals surface area contributed by atoms with Crippen LogP contribution in [-0.2, 0) is 24.0 Å². The Bertz CT molecular complexity index is 775. The predicted molar refractivity (Wildman–Crippen MR) is 131 cm³/mol. The molecule has 14 nitrogen and oxygen atoms in total. The first-order valence-electron chi connectivity index (χ1n) is 11.0. The Balaban J connectivity index is 5.54. The highest BCUT2D eigenvalue weighted by Crippen LogP contribution is 2.07. The third kappa shape index (κ3) is 13.4. The molecular weight excluding hydrogens is 482 g/mol. The van der Waals surface area contributed by atoms with Crippen LogP contribution in [-0.4, -0.2) is 88.6 Å². The van der Waals surface area contributed by atoms with E-state index >= 15 is 0 Å². The van der Waals surface area contributed by atoms with Gasteiger partial charge in [-0.2, -0.15) is 11.8 Å². The average molecular weight is 520 g/mol. The molecule has 0 aliphatic heterocycles. The Kier molecular flexibility index (Phi) is 15.1. The summed E-state index contributed by atoms with van der Waals surface area (Å²) < 4.78 is 0. The monoisotopic (exact) mass is 519 g/mol. The van der Waals surface area contributed by atoms with E-state index in [1.54, 1.807) is 13.8 Å². The van der Waals surface area contributed by atoms with Gasteiger partial charge in [0.1, 0.15) is 18.1 Å². The van der Waals surface area contributed by atoms with Gasteiger partial charge in [-0.3, -0.25) is 24.2 Å². The highest BCUT2D eigenvalue weighted by Gasteiger charge is 2.32. The quantitative estimate of drug-likeness (QED) is 0.0580. The molecule has 0 rings (SSSR count). The van der Waals surface area contributed by atoms with Gasteiger partial charge < -0.3 is 43.4 Å². The van der Waals surface area contributed by atoms with Gasteiger partial charge in [-0.05, 0) is 37.2 Å². The van der Waals surface area contributed by atoms with Crippen LogP contribution >= 0.6 is 11.8 Å². The number of nitrogens with two attached hydrogens (primary N) is 3. The van der Waals surface area contributed by atoms with Crippen molar-refractivity contribution in [2.24, 2.45) is 28.1 Å². The zero-order valence-electron chi connectivity index (χ0n) is 20.2. The molecule has 11 N–H and O–H groups in total. The SMILES string of the molecule is CSCCC(N)C(=O)NC(C(=O)NC(CCCN=C(N)N)C(=O)NC(CC(=O)O)C(=O)O)C(C)C. The van der Waals surface area contributed by atoms with Crippen LogP contribution in [0.25, 0.3) is 0 Å². The minimum atomic E-state index is -1.70. The van der Waals surface area contributed by atoms with Crippen molar-refractivity contribution >= 4 is 47.4 Å². The molecule has 0 aromatic heterocycles. The second-order valence-corrected chi connectivity index (χ2v) is 9.11. The fourth-order valence-corrected chi connectivity index (χ4v) is 3.34. The molecule has 0 fully saturated rings. The van der Waals surface area contributed by atoms with Gasteiger partial charge >= 0.3 is 11.9 Å². The summed E-state index contributed by atoms with van der Waals surface area (Å²) in [4.78, 5) is 64.2. The lowest BCUT2D eigenvalue weighted by atomic mass is 10.0. The molecule has 4 atom stereocenters. The van der Waals surface area contributed by atoms with Gasteiger partial charge in [0.2, 0.25) is 17.7 Å². The van der Waals surface area contributed by atoms with E-state index in [9.17, 15) is 29.1 Å². The van der Waals surface area contributed by atoms with Gasteiger partial charge in [0, 0.05) is 6.54 Å². The first kappa shape index (κ1) is 31.9. The number of amides is 3. The number of carbonyl (C=O) groups is 5. The molecule has 200 valence electrons. The van der Waals surface area contributed by atoms with Gasteiger partial charge in [-0.15, -0.1) is 0 Å². The van der Waals surface area contributed by atoms with Crippen molar-refractivity contribution in [3.63, 3.8) is 0 Å². The summed E-state index contributed by atoms with van der Waals surface area (Å²) in [5.41, 5.74) is 16.4. The van der Waals surface area contributed by atoms with Crippen LogP contribution in [0.5, 0.6) is 0 Å². The van der Waals surface area contributed by atoms with E-state index < -0.39 is 60.2 Å². The first-order valence-corrected chi connectivity index (χ1v) is 12.3. The average Bonchev–Trinajstić information content (AvgIpc) is 2.75. The Hall–Kier alpha value is -3.07. The van der Waals surface area contributed by atoms with Gasteiger partial charge in [-0.1, -0.05) is 13.8 Å². The molecule has 0 spiro atoms. The molecule has 4 unspecified atom stereocenters. The van der Waals surface area contributed by atoms with E-state index in [0.29, 0.717) is 12.2 Å². The van der Waals surface area contributed by atoms with Crippen LogP contribution in [0.3, 0.4) is 0 Å². The molecular formula is C20H37N7O7S. The predicted octanol–water partition coefficient (Wildman–Crippen LogP) is -2.21. The molecule has 0 aliphatic rings. The van der Waals surface area contributed by atoms with E-state index in [1.165, 1.54) is 11.8 Å². The Morgan fingerprint density at radius 2 is 1.51 bits per heavy atom. The van der Waals surface area contributed by atoms with Gasteiger partial charge in [-0.25, -0.2) is 4.79 Å². The van der Waals surface area contributed by atoms with Gasteiger partial charge in [0.15, 0.2) is 5.96 Å². The Morgan fingerprint density at radius 3 is 2.00 bits per heavy atom. The number of aliphatic imine (C=N–C) groups is 1. The minimum Gasteiger partial charge on any atom is -0.481 e. The van der Waals surface area contributed by atoms with Gasteiger partial charge in [0.25, 0.3) is 0 Å². The van der Waals surface area contributed by atoms with Crippen molar-refractivity contribution in [1.29, 1.82) is 0 Å². The summed E-state index contributed by atoms with van der Waals surface area (Å²) in [6.07, 6.45) is 1.69. The highest BCUT2D eigenvalue weighted by atomic mass is 32.2. The van der Waals surface area contributed by atoms with E-state index in [-0.39, 0.29) is 31.3 Å². The lowest BCUT2D eigenvalue weighted by Gasteiger charge is -2.27. The molecule has 0 saturated carbocycles. The van der Waals surface area contributed by atoms with Crippen molar-refractivity contribution in [3.05, 3.63) is 0 Å². The smallest absolute Gasteiger partial charge is 0.326 e. The van der Waals surface area contributed by atoms with Crippen LogP contribution in [0.2, 0.25) is 0 Å². The normalized spacial score (nSPS) is 14.2. The number of hydrogen-bond donors (Lipinski definition) is 8. The largest absolute Gasteiger partial charge is 0.481 e. The van der Waals surface area contributed by atoms with Gasteiger partial charge in [0.05, 0.1) is 12.5 Å². The van der Waals surface area contributed by atoms with Crippen LogP contribution in [0.1, 0.15) is 39.5 Å². The molecule has 35 heavy (non-hydrogen) atoms. The maximum absolute atomic E-state index is 13.0. The molecule has 0 radical (unpaired) electrons. The van der Waals surface area contributed by atoms with Crippen LogP contribution < -0.4 is 33.2 Å². The second kappa shape index (κ2) is 16.5. The van der Waals surface area contributed by atoms with Crippen LogP contribution in [0.15, 0.2) is 4.99 Å². The topological polar surface area (TPSA) is 252 Å². The van der Waals surface area contributed by atoms with Crippen molar-refractivity contribution in [2.75, 3.05) is 18.6 Å². The lowest BCUT2D eigenvalue weighted by molar-refractivity contribution is -0.147. The molecule has 0 saturated heterocycles. The summed E-state index contributed by atoms with van der Waals surface area (Å²) in [5.74, 6) is -4.94. The first-order chi connectivity index (χ1) is 16.3. The zero-order chi connectivity index (χ0) is 27.1. The van der Waals surface area contributed by atoms with Crippen LogP contribution in [0, 0.1) is 5.92 Å². The fraction of sp³-hybridized carbons (Fsp3) is 0.700.